The van der Waals surface area contributed by atoms with Crippen LogP contribution in [0.5, 0.6) is 0 Å². The van der Waals surface area contributed by atoms with E-state index in [1.54, 1.807) is 12.1 Å². The van der Waals surface area contributed by atoms with Crippen LogP contribution in [-0.2, 0) is 6.54 Å². The number of rotatable bonds is 7. The molecule has 0 spiro atoms. The molecule has 0 saturated carbocycles. The van der Waals surface area contributed by atoms with Gasteiger partial charge in [0, 0.05) is 11.0 Å². The highest BCUT2D eigenvalue weighted by atomic mass is 79.9. The third-order valence-electron chi connectivity index (χ3n) is 3.71. The van der Waals surface area contributed by atoms with Gasteiger partial charge in [0.15, 0.2) is 0 Å². The fourth-order valence-electron chi connectivity index (χ4n) is 2.44. The van der Waals surface area contributed by atoms with Gasteiger partial charge in [0.25, 0.3) is 0 Å². The van der Waals surface area contributed by atoms with Crippen molar-refractivity contribution in [2.75, 3.05) is 6.54 Å². The van der Waals surface area contributed by atoms with Gasteiger partial charge in [-0.2, -0.15) is 0 Å². The van der Waals surface area contributed by atoms with E-state index in [1.165, 1.54) is 0 Å². The zero-order valence-electron chi connectivity index (χ0n) is 12.6. The first-order valence-electron chi connectivity index (χ1n) is 7.05. The van der Waals surface area contributed by atoms with Gasteiger partial charge in [0.1, 0.15) is 0 Å². The topological polar surface area (TPSA) is 49.3 Å². The van der Waals surface area contributed by atoms with E-state index in [-0.39, 0.29) is 0 Å². The van der Waals surface area contributed by atoms with Crippen molar-refractivity contribution in [3.63, 3.8) is 0 Å². The van der Waals surface area contributed by atoms with Gasteiger partial charge in [-0.05, 0) is 42.0 Å². The van der Waals surface area contributed by atoms with Crippen LogP contribution in [0.2, 0.25) is 0 Å². The molecule has 0 fully saturated rings. The maximum atomic E-state index is 10.9. The molecule has 0 aliphatic rings. The minimum atomic E-state index is -0.898. The molecule has 0 aliphatic heterocycles. The Labute approximate surface area is 129 Å². The number of halogens is 1. The molecule has 0 aromatic heterocycles. The minimum absolute atomic E-state index is 0.308. The monoisotopic (exact) mass is 341 g/mol. The second-order valence-electron chi connectivity index (χ2n) is 5.89. The van der Waals surface area contributed by atoms with Crippen LogP contribution in [0.25, 0.3) is 0 Å². The summed E-state index contributed by atoms with van der Waals surface area (Å²) in [5.41, 5.74) is 1.39. The Morgan fingerprint density at radius 3 is 2.30 bits per heavy atom. The molecule has 0 bridgehead atoms. The lowest BCUT2D eigenvalue weighted by Crippen LogP contribution is -2.29. The lowest BCUT2D eigenvalue weighted by Gasteiger charge is -2.25. The predicted molar refractivity (Wildman–Crippen MR) is 86.0 cm³/mol. The molecule has 0 atom stereocenters. The van der Waals surface area contributed by atoms with E-state index in [4.69, 9.17) is 5.11 Å². The molecule has 1 rings (SSSR count). The molecule has 0 aliphatic carbocycles. The number of carboxylic acids is 1. The van der Waals surface area contributed by atoms with Crippen LogP contribution in [0.1, 0.15) is 43.6 Å². The third kappa shape index (κ3) is 4.91. The van der Waals surface area contributed by atoms with Gasteiger partial charge in [-0.1, -0.05) is 49.7 Å². The zero-order valence-corrected chi connectivity index (χ0v) is 14.2. The van der Waals surface area contributed by atoms with Crippen molar-refractivity contribution in [2.24, 2.45) is 17.8 Å². The van der Waals surface area contributed by atoms with E-state index in [2.05, 4.69) is 48.9 Å². The van der Waals surface area contributed by atoms with Crippen molar-refractivity contribution < 1.29 is 9.90 Å². The number of hydrogen-bond acceptors (Lipinski definition) is 2. The van der Waals surface area contributed by atoms with Crippen molar-refractivity contribution in [2.45, 2.75) is 34.2 Å². The SMILES string of the molecule is CC(C)C(CNCc1ccc(C(=O)O)cc1Br)C(C)C. The first-order valence-corrected chi connectivity index (χ1v) is 7.84. The lowest BCUT2D eigenvalue weighted by molar-refractivity contribution is 0.0697. The normalized spacial score (nSPS) is 11.6. The van der Waals surface area contributed by atoms with Crippen LogP contribution in [0.3, 0.4) is 0 Å². The standard InChI is InChI=1S/C16H24BrNO2/c1-10(2)14(11(3)4)9-18-8-13-6-5-12(16(19)20)7-15(13)17/h5-7,10-11,14,18H,8-9H2,1-4H3,(H,19,20). The van der Waals surface area contributed by atoms with Crippen molar-refractivity contribution in [3.05, 3.63) is 33.8 Å². The van der Waals surface area contributed by atoms with Crippen LogP contribution in [0.15, 0.2) is 22.7 Å². The van der Waals surface area contributed by atoms with Crippen LogP contribution in [-0.4, -0.2) is 17.6 Å². The average molecular weight is 342 g/mol. The number of nitrogens with one attached hydrogen (secondary N) is 1. The van der Waals surface area contributed by atoms with Crippen LogP contribution in [0.4, 0.5) is 0 Å². The summed E-state index contributed by atoms with van der Waals surface area (Å²) in [6.07, 6.45) is 0. The molecule has 1 aromatic rings. The maximum absolute atomic E-state index is 10.9. The van der Waals surface area contributed by atoms with Crippen LogP contribution < -0.4 is 5.32 Å². The summed E-state index contributed by atoms with van der Waals surface area (Å²) < 4.78 is 0.843. The molecule has 112 valence electrons. The first kappa shape index (κ1) is 17.2. The molecular formula is C16H24BrNO2. The number of carboxylic acid groups (broad SMARTS) is 1. The van der Waals surface area contributed by atoms with Crippen molar-refractivity contribution in [1.29, 1.82) is 0 Å². The summed E-state index contributed by atoms with van der Waals surface area (Å²) in [7, 11) is 0. The molecule has 2 N–H and O–H groups in total. The fourth-order valence-corrected chi connectivity index (χ4v) is 2.96. The summed E-state index contributed by atoms with van der Waals surface area (Å²) >= 11 is 3.44. The molecule has 3 nitrogen and oxygen atoms in total. The molecular weight excluding hydrogens is 318 g/mol. The molecule has 0 amide bonds. The molecule has 0 heterocycles. The largest absolute Gasteiger partial charge is 0.478 e. The van der Waals surface area contributed by atoms with E-state index >= 15 is 0 Å². The van der Waals surface area contributed by atoms with Crippen LogP contribution >= 0.6 is 15.9 Å². The Hall–Kier alpha value is -0.870. The van der Waals surface area contributed by atoms with E-state index in [0.717, 1.165) is 23.1 Å². The van der Waals surface area contributed by atoms with Gasteiger partial charge in [0.2, 0.25) is 0 Å². The Balaban J connectivity index is 2.60. The summed E-state index contributed by atoms with van der Waals surface area (Å²) in [6.45, 7) is 10.7. The Morgan fingerprint density at radius 2 is 1.85 bits per heavy atom. The summed E-state index contributed by atoms with van der Waals surface area (Å²) in [4.78, 5) is 10.9. The maximum Gasteiger partial charge on any atom is 0.335 e. The molecule has 20 heavy (non-hydrogen) atoms. The smallest absolute Gasteiger partial charge is 0.335 e. The second kappa shape index (κ2) is 7.79. The third-order valence-corrected chi connectivity index (χ3v) is 4.45. The van der Waals surface area contributed by atoms with Crippen molar-refractivity contribution in [1.82, 2.24) is 5.32 Å². The first-order chi connectivity index (χ1) is 9.32. The van der Waals surface area contributed by atoms with Gasteiger partial charge in [-0.25, -0.2) is 4.79 Å². The highest BCUT2D eigenvalue weighted by Crippen LogP contribution is 2.21. The zero-order chi connectivity index (χ0) is 15.3. The van der Waals surface area contributed by atoms with Crippen molar-refractivity contribution >= 4 is 21.9 Å². The van der Waals surface area contributed by atoms with Gasteiger partial charge in [-0.3, -0.25) is 0 Å². The number of carbonyl (C=O) groups is 1. The Kier molecular flexibility index (Phi) is 6.69. The predicted octanol–water partition coefficient (Wildman–Crippen LogP) is 4.17. The van der Waals surface area contributed by atoms with Gasteiger partial charge in [-0.15, -0.1) is 0 Å². The summed E-state index contributed by atoms with van der Waals surface area (Å²) in [5.74, 6) is 1.05. The average Bonchev–Trinajstić information content (AvgIpc) is 2.34. The van der Waals surface area contributed by atoms with E-state index < -0.39 is 5.97 Å². The van der Waals surface area contributed by atoms with E-state index in [0.29, 0.717) is 23.3 Å². The van der Waals surface area contributed by atoms with Gasteiger partial charge in [0.05, 0.1) is 5.56 Å². The highest BCUT2D eigenvalue weighted by molar-refractivity contribution is 9.10. The molecule has 0 radical (unpaired) electrons. The van der Waals surface area contributed by atoms with Gasteiger partial charge < -0.3 is 10.4 Å². The molecule has 4 heteroatoms. The molecule has 1 aromatic carbocycles. The Bertz CT molecular complexity index is 450. The van der Waals surface area contributed by atoms with E-state index in [1.807, 2.05) is 6.07 Å². The number of benzene rings is 1. The van der Waals surface area contributed by atoms with Crippen LogP contribution in [0, 0.1) is 17.8 Å². The number of aromatic carboxylic acids is 1. The quantitative estimate of drug-likeness (QED) is 0.782. The van der Waals surface area contributed by atoms with Gasteiger partial charge >= 0.3 is 5.97 Å². The van der Waals surface area contributed by atoms with E-state index in [9.17, 15) is 4.79 Å². The number of hydrogen-bond donors (Lipinski definition) is 2. The lowest BCUT2D eigenvalue weighted by atomic mass is 9.85. The minimum Gasteiger partial charge on any atom is -0.478 e. The summed E-state index contributed by atoms with van der Waals surface area (Å²) in [6, 6.07) is 5.16. The summed E-state index contributed by atoms with van der Waals surface area (Å²) in [5, 5.41) is 12.4. The highest BCUT2D eigenvalue weighted by Gasteiger charge is 2.17. The molecule has 0 saturated heterocycles. The second-order valence-corrected chi connectivity index (χ2v) is 6.75. The van der Waals surface area contributed by atoms with Crippen molar-refractivity contribution in [3.8, 4) is 0 Å². The molecule has 0 unspecified atom stereocenters. The Morgan fingerprint density at radius 1 is 1.25 bits per heavy atom. The fraction of sp³-hybridized carbons (Fsp3) is 0.562.